The van der Waals surface area contributed by atoms with E-state index in [4.69, 9.17) is 0 Å². The molecule has 0 unspecified atom stereocenters. The van der Waals surface area contributed by atoms with E-state index in [0.717, 1.165) is 31.5 Å². The number of carbonyl (C=O) groups excluding carboxylic acids is 1. The molecule has 31 heavy (non-hydrogen) atoms. The van der Waals surface area contributed by atoms with Crippen LogP contribution in [0.25, 0.3) is 0 Å². The van der Waals surface area contributed by atoms with Crippen molar-refractivity contribution in [3.8, 4) is 0 Å². The Bertz CT molecular complexity index is 954. The molecule has 1 N–H and O–H groups in total. The van der Waals surface area contributed by atoms with E-state index in [1.165, 1.54) is 12.1 Å². The van der Waals surface area contributed by atoms with E-state index in [1.54, 1.807) is 19.1 Å². The molecule has 0 bridgehead atoms. The van der Waals surface area contributed by atoms with Gasteiger partial charge in [0.05, 0.1) is 11.0 Å². The summed E-state index contributed by atoms with van der Waals surface area (Å²) in [6.45, 7) is 3.88. The average molecular weight is 425 g/mol. The number of hydrogen-bond donors (Lipinski definition) is 1. The van der Waals surface area contributed by atoms with Gasteiger partial charge in [0.15, 0.2) is 0 Å². The van der Waals surface area contributed by atoms with Crippen LogP contribution >= 0.6 is 0 Å². The molecular weight excluding hydrogens is 395 g/mol. The first-order valence-corrected chi connectivity index (χ1v) is 10.8. The number of likely N-dealkylation sites (tertiary alicyclic amines) is 1. The van der Waals surface area contributed by atoms with Crippen molar-refractivity contribution >= 4 is 11.9 Å². The van der Waals surface area contributed by atoms with E-state index in [1.807, 2.05) is 30.1 Å². The van der Waals surface area contributed by atoms with Gasteiger partial charge in [-0.15, -0.1) is 0 Å². The standard InChI is InChI=1S/C25H29FN2O3/c1-18(29)27(2)24(19-6-4-3-5-7-19)12-14-28(15-13-24)17-21-16-25(21,23(30)31)20-8-10-22(26)11-9-20/h3-11,21H,12-17H2,1-2H3,(H,30,31)/t21-,25+/m0/s1. The highest BCUT2D eigenvalue weighted by Gasteiger charge is 2.61. The van der Waals surface area contributed by atoms with Gasteiger partial charge in [0.25, 0.3) is 0 Å². The van der Waals surface area contributed by atoms with Crippen molar-refractivity contribution < 1.29 is 19.1 Å². The molecule has 164 valence electrons. The maximum absolute atomic E-state index is 13.3. The Labute approximate surface area is 182 Å². The lowest BCUT2D eigenvalue weighted by molar-refractivity contribution is -0.141. The number of rotatable bonds is 6. The monoisotopic (exact) mass is 424 g/mol. The molecule has 2 atom stereocenters. The summed E-state index contributed by atoms with van der Waals surface area (Å²) in [5.41, 5.74) is 0.564. The van der Waals surface area contributed by atoms with Crippen LogP contribution in [-0.4, -0.2) is 53.5 Å². The van der Waals surface area contributed by atoms with Crippen LogP contribution in [0.2, 0.25) is 0 Å². The highest BCUT2D eigenvalue weighted by Crippen LogP contribution is 2.55. The normalized spacial score (nSPS) is 25.1. The van der Waals surface area contributed by atoms with Crippen LogP contribution in [0.4, 0.5) is 4.39 Å². The van der Waals surface area contributed by atoms with Crippen LogP contribution in [-0.2, 0) is 20.5 Å². The molecule has 1 heterocycles. The van der Waals surface area contributed by atoms with Gasteiger partial charge in [-0.1, -0.05) is 42.5 Å². The minimum Gasteiger partial charge on any atom is -0.481 e. The van der Waals surface area contributed by atoms with Crippen LogP contribution in [0, 0.1) is 11.7 Å². The summed E-state index contributed by atoms with van der Waals surface area (Å²) in [6, 6.07) is 16.0. The van der Waals surface area contributed by atoms with Crippen molar-refractivity contribution in [3.63, 3.8) is 0 Å². The number of carboxylic acids is 1. The smallest absolute Gasteiger partial charge is 0.314 e. The van der Waals surface area contributed by atoms with Crippen molar-refractivity contribution in [2.24, 2.45) is 5.92 Å². The number of carboxylic acid groups (broad SMARTS) is 1. The first-order valence-electron chi connectivity index (χ1n) is 10.8. The predicted octanol–water partition coefficient (Wildman–Crippen LogP) is 3.64. The lowest BCUT2D eigenvalue weighted by Gasteiger charge is -2.47. The maximum Gasteiger partial charge on any atom is 0.314 e. The number of benzene rings is 2. The third-order valence-corrected chi connectivity index (χ3v) is 7.43. The Kier molecular flexibility index (Phi) is 5.60. The predicted molar refractivity (Wildman–Crippen MR) is 116 cm³/mol. The van der Waals surface area contributed by atoms with Crippen molar-refractivity contribution in [3.05, 3.63) is 71.5 Å². The van der Waals surface area contributed by atoms with E-state index in [2.05, 4.69) is 17.0 Å². The highest BCUT2D eigenvalue weighted by molar-refractivity contribution is 5.86. The van der Waals surface area contributed by atoms with E-state index in [-0.39, 0.29) is 23.2 Å². The van der Waals surface area contributed by atoms with Crippen molar-refractivity contribution in [1.82, 2.24) is 9.80 Å². The van der Waals surface area contributed by atoms with Gasteiger partial charge in [-0.25, -0.2) is 4.39 Å². The Balaban J connectivity index is 1.48. The van der Waals surface area contributed by atoms with Crippen LogP contribution in [0.15, 0.2) is 54.6 Å². The molecule has 2 fully saturated rings. The lowest BCUT2D eigenvalue weighted by Crippen LogP contribution is -2.53. The van der Waals surface area contributed by atoms with E-state index >= 15 is 0 Å². The van der Waals surface area contributed by atoms with Gasteiger partial charge in [-0.2, -0.15) is 0 Å². The second-order valence-electron chi connectivity index (χ2n) is 8.96. The summed E-state index contributed by atoms with van der Waals surface area (Å²) in [6.07, 6.45) is 2.18. The van der Waals surface area contributed by atoms with Crippen molar-refractivity contribution in [2.45, 2.75) is 37.1 Å². The van der Waals surface area contributed by atoms with Gasteiger partial charge >= 0.3 is 5.97 Å². The topological polar surface area (TPSA) is 60.9 Å². The molecule has 1 amide bonds. The molecular formula is C25H29FN2O3. The van der Waals surface area contributed by atoms with E-state index < -0.39 is 11.4 Å². The van der Waals surface area contributed by atoms with Gasteiger partial charge in [0, 0.05) is 33.6 Å². The third kappa shape index (κ3) is 3.74. The average Bonchev–Trinajstić information content (AvgIpc) is 3.50. The summed E-state index contributed by atoms with van der Waals surface area (Å²) in [5.74, 6) is -1.15. The minimum absolute atomic E-state index is 0.00484. The molecule has 0 spiro atoms. The fraction of sp³-hybridized carbons (Fsp3) is 0.440. The summed E-state index contributed by atoms with van der Waals surface area (Å²) >= 11 is 0. The van der Waals surface area contributed by atoms with E-state index in [0.29, 0.717) is 18.5 Å². The Morgan fingerprint density at radius 3 is 2.23 bits per heavy atom. The Hall–Kier alpha value is -2.73. The van der Waals surface area contributed by atoms with Gasteiger partial charge < -0.3 is 14.9 Å². The van der Waals surface area contributed by atoms with Crippen LogP contribution in [0.5, 0.6) is 0 Å². The fourth-order valence-corrected chi connectivity index (χ4v) is 5.32. The zero-order valence-corrected chi connectivity index (χ0v) is 18.1. The molecule has 1 saturated carbocycles. The SMILES string of the molecule is CC(=O)N(C)C1(c2ccccc2)CCN(C[C@@H]2C[C@@]2(C(=O)O)c2ccc(F)cc2)CC1. The molecule has 5 nitrogen and oxygen atoms in total. The number of halogens is 1. The van der Waals surface area contributed by atoms with E-state index in [9.17, 15) is 19.1 Å². The Morgan fingerprint density at radius 1 is 1.06 bits per heavy atom. The summed E-state index contributed by atoms with van der Waals surface area (Å²) < 4.78 is 13.3. The van der Waals surface area contributed by atoms with Crippen LogP contribution in [0.1, 0.15) is 37.3 Å². The molecule has 6 heteroatoms. The zero-order chi connectivity index (χ0) is 22.2. The molecule has 0 radical (unpaired) electrons. The molecule has 1 aliphatic heterocycles. The summed E-state index contributed by atoms with van der Waals surface area (Å²) in [4.78, 5) is 28.5. The number of carbonyl (C=O) groups is 2. The third-order valence-electron chi connectivity index (χ3n) is 7.43. The van der Waals surface area contributed by atoms with Gasteiger partial charge in [0.2, 0.25) is 5.91 Å². The first kappa shape index (κ1) is 21.5. The Morgan fingerprint density at radius 2 is 1.68 bits per heavy atom. The van der Waals surface area contributed by atoms with Gasteiger partial charge in [-0.05, 0) is 48.4 Å². The second kappa shape index (κ2) is 8.08. The quantitative estimate of drug-likeness (QED) is 0.769. The maximum atomic E-state index is 13.3. The minimum atomic E-state index is -0.919. The molecule has 4 rings (SSSR count). The number of piperidine rings is 1. The molecule has 1 saturated heterocycles. The molecule has 2 aliphatic rings. The van der Waals surface area contributed by atoms with Crippen LogP contribution in [0.3, 0.4) is 0 Å². The number of nitrogens with zero attached hydrogens (tertiary/aromatic N) is 2. The highest BCUT2D eigenvalue weighted by atomic mass is 19.1. The van der Waals surface area contributed by atoms with Crippen LogP contribution < -0.4 is 0 Å². The molecule has 2 aromatic carbocycles. The molecule has 0 aromatic heterocycles. The number of hydrogen-bond acceptors (Lipinski definition) is 3. The summed E-state index contributed by atoms with van der Waals surface area (Å²) in [7, 11) is 1.87. The first-order chi connectivity index (χ1) is 14.8. The fourth-order valence-electron chi connectivity index (χ4n) is 5.32. The number of aliphatic carboxylic acids is 1. The lowest BCUT2D eigenvalue weighted by atomic mass is 9.79. The van der Waals surface area contributed by atoms with Gasteiger partial charge in [0.1, 0.15) is 5.82 Å². The summed E-state index contributed by atoms with van der Waals surface area (Å²) in [5, 5.41) is 9.94. The van der Waals surface area contributed by atoms with Crippen molar-refractivity contribution in [1.29, 1.82) is 0 Å². The number of amides is 1. The molecule has 1 aliphatic carbocycles. The zero-order valence-electron chi connectivity index (χ0n) is 18.1. The second-order valence-corrected chi connectivity index (χ2v) is 8.96. The largest absolute Gasteiger partial charge is 0.481 e. The van der Waals surface area contributed by atoms with Crippen molar-refractivity contribution in [2.75, 3.05) is 26.7 Å². The van der Waals surface area contributed by atoms with Gasteiger partial charge in [-0.3, -0.25) is 9.59 Å². The molecule has 2 aromatic rings.